The molecule has 3 saturated heterocycles. The van der Waals surface area contributed by atoms with Crippen LogP contribution in [0, 0.1) is 23.7 Å². The summed E-state index contributed by atoms with van der Waals surface area (Å²) < 4.78 is 7.59. The molecule has 6 nitrogen and oxygen atoms in total. The van der Waals surface area contributed by atoms with Crippen molar-refractivity contribution >= 4 is 5.78 Å². The standard InChI is InChI=1S/C27H33N3O3/c1-18-23(26(32)15-29-21-9-10-24(29)25(31)13-21)12-22(4-3-11-27(2)16-33-17-27)30(18)20-7-5-19(14-28)6-8-20/h5-8,12,21,24-25,31H,3-4,9-11,13,15-17H2,1-2H3/t21?,24?,25-/m1/s1. The Bertz CT molecular complexity index is 1080. The van der Waals surface area contributed by atoms with Crippen LogP contribution in [0.4, 0.5) is 0 Å². The number of fused-ring (bicyclic) bond motifs is 2. The van der Waals surface area contributed by atoms with E-state index in [-0.39, 0.29) is 23.3 Å². The van der Waals surface area contributed by atoms with Gasteiger partial charge < -0.3 is 14.4 Å². The number of carbonyl (C=O) groups excluding carboxylic acids is 1. The number of aryl methyl sites for hydroxylation is 1. The van der Waals surface area contributed by atoms with Crippen molar-refractivity contribution in [1.29, 1.82) is 5.26 Å². The van der Waals surface area contributed by atoms with Gasteiger partial charge in [-0.3, -0.25) is 9.69 Å². The molecule has 3 atom stereocenters. The lowest BCUT2D eigenvalue weighted by atomic mass is 9.83. The monoisotopic (exact) mass is 447 g/mol. The lowest BCUT2D eigenvalue weighted by Gasteiger charge is -2.38. The first-order valence-corrected chi connectivity index (χ1v) is 12.1. The summed E-state index contributed by atoms with van der Waals surface area (Å²) in [6.45, 7) is 6.32. The maximum Gasteiger partial charge on any atom is 0.178 e. The van der Waals surface area contributed by atoms with Crippen molar-refractivity contribution in [3.8, 4) is 11.8 Å². The van der Waals surface area contributed by atoms with Crippen molar-refractivity contribution in [1.82, 2.24) is 9.47 Å². The second kappa shape index (κ2) is 8.72. The number of benzene rings is 1. The number of hydrogen-bond donors (Lipinski definition) is 1. The molecule has 1 aromatic heterocycles. The molecule has 4 heterocycles. The van der Waals surface area contributed by atoms with Crippen LogP contribution in [0.1, 0.15) is 66.3 Å². The van der Waals surface area contributed by atoms with E-state index in [9.17, 15) is 15.2 Å². The Labute approximate surface area is 195 Å². The van der Waals surface area contributed by atoms with E-state index in [1.807, 2.05) is 31.2 Å². The van der Waals surface area contributed by atoms with Crippen LogP contribution in [0.5, 0.6) is 0 Å². The molecular weight excluding hydrogens is 414 g/mol. The van der Waals surface area contributed by atoms with Gasteiger partial charge in [-0.25, -0.2) is 0 Å². The van der Waals surface area contributed by atoms with Crippen LogP contribution < -0.4 is 0 Å². The zero-order valence-electron chi connectivity index (χ0n) is 19.6. The van der Waals surface area contributed by atoms with Crippen LogP contribution in [-0.4, -0.2) is 58.3 Å². The van der Waals surface area contributed by atoms with E-state index in [4.69, 9.17) is 4.74 Å². The molecular formula is C27H33N3O3. The molecule has 33 heavy (non-hydrogen) atoms. The molecule has 0 amide bonds. The summed E-state index contributed by atoms with van der Waals surface area (Å²) in [6, 6.07) is 12.3. The van der Waals surface area contributed by atoms with E-state index in [1.165, 1.54) is 0 Å². The van der Waals surface area contributed by atoms with E-state index in [0.717, 1.165) is 74.4 Å². The number of aromatic nitrogens is 1. The number of hydrogen-bond acceptors (Lipinski definition) is 5. The Morgan fingerprint density at radius 2 is 2.03 bits per heavy atom. The largest absolute Gasteiger partial charge is 0.391 e. The zero-order chi connectivity index (χ0) is 23.2. The summed E-state index contributed by atoms with van der Waals surface area (Å²) in [5.41, 5.74) is 4.74. The predicted molar refractivity (Wildman–Crippen MR) is 126 cm³/mol. The summed E-state index contributed by atoms with van der Waals surface area (Å²) in [7, 11) is 0. The second-order valence-electron chi connectivity index (χ2n) is 10.5. The molecule has 2 unspecified atom stereocenters. The Morgan fingerprint density at radius 1 is 1.27 bits per heavy atom. The van der Waals surface area contributed by atoms with Gasteiger partial charge >= 0.3 is 0 Å². The third-order valence-corrected chi connectivity index (χ3v) is 7.97. The molecule has 1 N–H and O–H groups in total. The lowest BCUT2D eigenvalue weighted by molar-refractivity contribution is -0.106. The highest BCUT2D eigenvalue weighted by molar-refractivity contribution is 5.99. The van der Waals surface area contributed by atoms with Gasteiger partial charge in [0.05, 0.1) is 37.5 Å². The third kappa shape index (κ3) is 4.14. The molecule has 2 aromatic rings. The van der Waals surface area contributed by atoms with Gasteiger partial charge in [0.25, 0.3) is 0 Å². The highest BCUT2D eigenvalue weighted by Gasteiger charge is 2.46. The summed E-state index contributed by atoms with van der Waals surface area (Å²) in [5, 5.41) is 19.4. The van der Waals surface area contributed by atoms with Crippen molar-refractivity contribution in [3.05, 3.63) is 52.8 Å². The van der Waals surface area contributed by atoms with E-state index in [1.54, 1.807) is 0 Å². The van der Waals surface area contributed by atoms with E-state index >= 15 is 0 Å². The van der Waals surface area contributed by atoms with Crippen LogP contribution in [0.3, 0.4) is 0 Å². The Hall–Kier alpha value is -2.46. The molecule has 0 radical (unpaired) electrons. The van der Waals surface area contributed by atoms with Gasteiger partial charge in [-0.2, -0.15) is 5.26 Å². The number of Topliss-reactive ketones (excluding diaryl/α,β-unsaturated/α-hetero) is 1. The highest BCUT2D eigenvalue weighted by atomic mass is 16.5. The van der Waals surface area contributed by atoms with Crippen LogP contribution in [-0.2, 0) is 11.2 Å². The number of aliphatic hydroxyl groups excluding tert-OH is 1. The predicted octanol–water partition coefficient (Wildman–Crippen LogP) is 3.80. The smallest absolute Gasteiger partial charge is 0.178 e. The molecule has 3 aliphatic heterocycles. The average molecular weight is 448 g/mol. The van der Waals surface area contributed by atoms with Crippen molar-refractivity contribution < 1.29 is 14.6 Å². The topological polar surface area (TPSA) is 78.5 Å². The number of carbonyl (C=O) groups is 1. The quantitative estimate of drug-likeness (QED) is 0.623. The molecule has 3 fully saturated rings. The first kappa shape index (κ1) is 22.3. The molecule has 174 valence electrons. The molecule has 6 heteroatoms. The van der Waals surface area contributed by atoms with Gasteiger partial charge in [-0.05, 0) is 75.8 Å². The summed E-state index contributed by atoms with van der Waals surface area (Å²) >= 11 is 0. The number of aliphatic hydroxyl groups is 1. The Kier molecular flexibility index (Phi) is 5.90. The normalized spacial score (nSPS) is 25.7. The fourth-order valence-corrected chi connectivity index (χ4v) is 6.04. The number of ether oxygens (including phenoxy) is 1. The van der Waals surface area contributed by atoms with Crippen LogP contribution in [0.2, 0.25) is 0 Å². The van der Waals surface area contributed by atoms with Gasteiger partial charge in [0, 0.05) is 40.1 Å². The Morgan fingerprint density at radius 3 is 2.61 bits per heavy atom. The third-order valence-electron chi connectivity index (χ3n) is 7.97. The molecule has 3 aliphatic rings. The van der Waals surface area contributed by atoms with Crippen molar-refractivity contribution in [2.24, 2.45) is 5.41 Å². The zero-order valence-corrected chi connectivity index (χ0v) is 19.6. The van der Waals surface area contributed by atoms with Crippen LogP contribution in [0.25, 0.3) is 5.69 Å². The van der Waals surface area contributed by atoms with E-state index in [2.05, 4.69) is 28.5 Å². The van der Waals surface area contributed by atoms with Gasteiger partial charge in [-0.15, -0.1) is 0 Å². The van der Waals surface area contributed by atoms with Crippen molar-refractivity contribution in [3.63, 3.8) is 0 Å². The van der Waals surface area contributed by atoms with Gasteiger partial charge in [-0.1, -0.05) is 6.92 Å². The molecule has 0 spiro atoms. The number of rotatable bonds is 8. The Balaban J connectivity index is 1.40. The number of nitriles is 1. The first-order chi connectivity index (χ1) is 15.9. The highest BCUT2D eigenvalue weighted by Crippen LogP contribution is 2.38. The van der Waals surface area contributed by atoms with Crippen LogP contribution >= 0.6 is 0 Å². The SMILES string of the molecule is Cc1c(C(=O)CN2C3CCC2[C@H](O)C3)cc(CCCC2(C)COC2)n1-c1ccc(C#N)cc1. The summed E-state index contributed by atoms with van der Waals surface area (Å²) in [5.74, 6) is 0.131. The molecule has 1 aromatic carbocycles. The molecule has 5 rings (SSSR count). The fraction of sp³-hybridized carbons (Fsp3) is 0.556. The second-order valence-corrected chi connectivity index (χ2v) is 10.5. The molecule has 2 bridgehead atoms. The molecule has 0 saturated carbocycles. The fourth-order valence-electron chi connectivity index (χ4n) is 6.04. The van der Waals surface area contributed by atoms with Crippen molar-refractivity contribution in [2.45, 2.75) is 70.6 Å². The van der Waals surface area contributed by atoms with Gasteiger partial charge in [0.2, 0.25) is 0 Å². The minimum Gasteiger partial charge on any atom is -0.391 e. The number of nitrogens with zero attached hydrogens (tertiary/aromatic N) is 3. The lowest BCUT2D eigenvalue weighted by Crippen LogP contribution is -2.39. The van der Waals surface area contributed by atoms with E-state index in [0.29, 0.717) is 18.2 Å². The molecule has 0 aliphatic carbocycles. The van der Waals surface area contributed by atoms with Crippen molar-refractivity contribution in [2.75, 3.05) is 19.8 Å². The van der Waals surface area contributed by atoms with Gasteiger partial charge in [0.15, 0.2) is 5.78 Å². The average Bonchev–Trinajstić information content (AvgIpc) is 3.42. The minimum atomic E-state index is -0.298. The summed E-state index contributed by atoms with van der Waals surface area (Å²) in [6.07, 6.45) is 5.58. The van der Waals surface area contributed by atoms with E-state index < -0.39 is 0 Å². The number of ketones is 1. The van der Waals surface area contributed by atoms with Gasteiger partial charge in [0.1, 0.15) is 0 Å². The maximum atomic E-state index is 13.4. The maximum absolute atomic E-state index is 13.4. The minimum absolute atomic E-state index is 0.129. The summed E-state index contributed by atoms with van der Waals surface area (Å²) in [4.78, 5) is 15.7. The first-order valence-electron chi connectivity index (χ1n) is 12.1. The van der Waals surface area contributed by atoms with Crippen LogP contribution in [0.15, 0.2) is 30.3 Å².